The van der Waals surface area contributed by atoms with Gasteiger partial charge in [-0.1, -0.05) is 19.9 Å². The molecule has 0 heterocycles. The van der Waals surface area contributed by atoms with Crippen molar-refractivity contribution in [1.82, 2.24) is 0 Å². The van der Waals surface area contributed by atoms with Gasteiger partial charge >= 0.3 is 11.9 Å². The van der Waals surface area contributed by atoms with E-state index in [1.54, 1.807) is 0 Å². The predicted molar refractivity (Wildman–Crippen MR) is 74.9 cm³/mol. The number of carbonyl (C=O) groups is 2. The minimum absolute atomic E-state index is 0.224. The molecule has 0 spiro atoms. The summed E-state index contributed by atoms with van der Waals surface area (Å²) in [5.41, 5.74) is -0.473. The van der Waals surface area contributed by atoms with Crippen molar-refractivity contribution in [3.63, 3.8) is 0 Å². The second-order valence-corrected chi connectivity index (χ2v) is 12.0. The summed E-state index contributed by atoms with van der Waals surface area (Å²) in [5, 5.41) is 18.1. The predicted octanol–water partition coefficient (Wildman–Crippen LogP) is 1.46. The van der Waals surface area contributed by atoms with Crippen LogP contribution in [-0.2, 0) is 13.7 Å². The summed E-state index contributed by atoms with van der Waals surface area (Å²) in [7, 11) is -2.77. The molecule has 0 fully saturated rings. The van der Waals surface area contributed by atoms with Crippen molar-refractivity contribution in [2.75, 3.05) is 0 Å². The molecular weight excluding hydrogens is 268 g/mol. The first-order valence-corrected chi connectivity index (χ1v) is 10.7. The number of carboxylic acids is 2. The summed E-state index contributed by atoms with van der Waals surface area (Å²) in [6.45, 7) is 11.4. The summed E-state index contributed by atoms with van der Waals surface area (Å²) in [5.74, 6) is -3.40. The maximum atomic E-state index is 11.2. The first-order chi connectivity index (χ1) is 8.10. The normalized spacial score (nSPS) is 15.6. The second-order valence-electron chi connectivity index (χ2n) is 5.24. The summed E-state index contributed by atoms with van der Waals surface area (Å²) >= 11 is 0. The number of rotatable bonds is 8. The second kappa shape index (κ2) is 6.86. The highest BCUT2D eigenvalue weighted by Gasteiger charge is 2.34. The lowest BCUT2D eigenvalue weighted by Crippen LogP contribution is -2.34. The summed E-state index contributed by atoms with van der Waals surface area (Å²) in [6, 6.07) is 0. The van der Waals surface area contributed by atoms with E-state index < -0.39 is 35.9 Å². The molecule has 104 valence electrons. The lowest BCUT2D eigenvalue weighted by molar-refractivity contribution is -0.144. The maximum absolute atomic E-state index is 11.2. The van der Waals surface area contributed by atoms with Gasteiger partial charge in [0, 0.05) is 5.57 Å². The van der Waals surface area contributed by atoms with E-state index in [1.807, 2.05) is 26.6 Å². The fraction of sp³-hybridized carbons (Fsp3) is 0.636. The van der Waals surface area contributed by atoms with Crippen LogP contribution in [-0.4, -0.2) is 40.2 Å². The van der Waals surface area contributed by atoms with Crippen LogP contribution in [0.5, 0.6) is 0 Å². The third-order valence-corrected chi connectivity index (χ3v) is 8.25. The number of hydrogen-bond donors (Lipinski definition) is 2. The summed E-state index contributed by atoms with van der Waals surface area (Å²) in [4.78, 5) is 22.1. The molecule has 7 heteroatoms. The smallest absolute Gasteiger partial charge is 0.331 e. The summed E-state index contributed by atoms with van der Waals surface area (Å²) < 4.78 is 5.82. The largest absolute Gasteiger partial charge is 0.481 e. The van der Waals surface area contributed by atoms with E-state index in [0.29, 0.717) is 6.42 Å². The van der Waals surface area contributed by atoms with Gasteiger partial charge in [0.25, 0.3) is 0 Å². The Bertz CT molecular complexity index is 335. The maximum Gasteiger partial charge on any atom is 0.331 e. The third-order valence-electron chi connectivity index (χ3n) is 2.64. The Hall–Kier alpha value is -0.926. The Morgan fingerprint density at radius 2 is 1.83 bits per heavy atom. The average Bonchev–Trinajstić information content (AvgIpc) is 2.21. The van der Waals surface area contributed by atoms with Gasteiger partial charge in [0.2, 0.25) is 0 Å². The highest BCUT2D eigenvalue weighted by atomic mass is 28.4. The molecule has 2 unspecified atom stereocenters. The zero-order valence-corrected chi connectivity index (χ0v) is 13.8. The molecule has 2 N–H and O–H groups in total. The Kier molecular flexibility index (Phi) is 6.51. The molecule has 0 bridgehead atoms. The number of carboxylic acid groups (broad SMARTS) is 2. The van der Waals surface area contributed by atoms with E-state index in [9.17, 15) is 14.7 Å². The fourth-order valence-electron chi connectivity index (χ4n) is 1.58. The van der Waals surface area contributed by atoms with E-state index in [0.717, 1.165) is 0 Å². The van der Waals surface area contributed by atoms with Crippen LogP contribution in [0.4, 0.5) is 0 Å². The van der Waals surface area contributed by atoms with Crippen LogP contribution in [0, 0.1) is 5.92 Å². The number of hydrogen-bond acceptors (Lipinski definition) is 3. The third kappa shape index (κ3) is 5.61. The Morgan fingerprint density at radius 3 is 2.11 bits per heavy atom. The molecule has 2 atom stereocenters. The molecule has 0 amide bonds. The first-order valence-electron chi connectivity index (χ1n) is 5.89. The molecule has 5 nitrogen and oxygen atoms in total. The van der Waals surface area contributed by atoms with Crippen LogP contribution < -0.4 is 0 Å². The molecule has 0 aliphatic heterocycles. The minimum atomic E-state index is -1.69. The zero-order chi connectivity index (χ0) is 14.5. The monoisotopic (exact) mass is 290 g/mol. The van der Waals surface area contributed by atoms with Crippen LogP contribution in [0.25, 0.3) is 0 Å². The van der Waals surface area contributed by atoms with Gasteiger partial charge in [-0.15, -0.1) is 0 Å². The van der Waals surface area contributed by atoms with Gasteiger partial charge in [-0.25, -0.2) is 4.79 Å². The molecule has 0 aromatic heterocycles. The summed E-state index contributed by atoms with van der Waals surface area (Å²) in [6.07, 6.45) is 0.597. The SMILES string of the molecule is C=C(C(=O)O)C(C(=O)O)C(CC)[SiH2]O[Si](C)(C)C. The average molecular weight is 290 g/mol. The first kappa shape index (κ1) is 17.1. The van der Waals surface area contributed by atoms with Gasteiger partial charge in [0.15, 0.2) is 18.1 Å². The lowest BCUT2D eigenvalue weighted by Gasteiger charge is -2.26. The molecule has 0 aliphatic rings. The van der Waals surface area contributed by atoms with Gasteiger partial charge in [0.1, 0.15) is 0 Å². The fourth-order valence-corrected chi connectivity index (χ4v) is 5.35. The molecule has 0 saturated carbocycles. The van der Waals surface area contributed by atoms with E-state index in [-0.39, 0.29) is 11.1 Å². The van der Waals surface area contributed by atoms with E-state index in [4.69, 9.17) is 9.22 Å². The van der Waals surface area contributed by atoms with Crippen LogP contribution in [0.1, 0.15) is 13.3 Å². The van der Waals surface area contributed by atoms with E-state index in [1.165, 1.54) is 0 Å². The Labute approximate surface area is 111 Å². The van der Waals surface area contributed by atoms with Gasteiger partial charge in [-0.05, 0) is 25.2 Å². The van der Waals surface area contributed by atoms with Gasteiger partial charge < -0.3 is 14.3 Å². The number of aliphatic carboxylic acids is 2. The quantitative estimate of drug-likeness (QED) is 0.522. The lowest BCUT2D eigenvalue weighted by atomic mass is 9.95. The van der Waals surface area contributed by atoms with Gasteiger partial charge in [-0.3, -0.25) is 4.79 Å². The molecule has 0 radical (unpaired) electrons. The van der Waals surface area contributed by atoms with Crippen molar-refractivity contribution < 1.29 is 23.9 Å². The van der Waals surface area contributed by atoms with Crippen LogP contribution in [0.2, 0.25) is 25.2 Å². The van der Waals surface area contributed by atoms with Crippen molar-refractivity contribution in [3.05, 3.63) is 12.2 Å². The van der Waals surface area contributed by atoms with Crippen LogP contribution in [0.15, 0.2) is 12.2 Å². The van der Waals surface area contributed by atoms with Crippen molar-refractivity contribution in [1.29, 1.82) is 0 Å². The highest BCUT2D eigenvalue weighted by Crippen LogP contribution is 2.29. The molecular formula is C11H22O5Si2. The van der Waals surface area contributed by atoms with Gasteiger partial charge in [0.05, 0.1) is 5.92 Å². The molecule has 0 aliphatic carbocycles. The molecule has 0 aromatic carbocycles. The molecule has 0 saturated heterocycles. The van der Waals surface area contributed by atoms with Gasteiger partial charge in [-0.2, -0.15) is 0 Å². The molecule has 18 heavy (non-hydrogen) atoms. The van der Waals surface area contributed by atoms with Crippen molar-refractivity contribution in [2.45, 2.75) is 38.5 Å². The molecule has 0 rings (SSSR count). The van der Waals surface area contributed by atoms with E-state index >= 15 is 0 Å². The standard InChI is InChI=1S/C11H22O5Si2/c1-6-8(17-16-18(3,4)5)9(11(14)15)7(2)10(12)13/h8-9H,2,6,17H2,1,3-5H3,(H,12,13)(H,14,15). The molecule has 0 aromatic rings. The van der Waals surface area contributed by atoms with Crippen molar-refractivity contribution in [2.24, 2.45) is 5.92 Å². The Balaban J connectivity index is 4.90. The van der Waals surface area contributed by atoms with E-state index in [2.05, 4.69) is 6.58 Å². The highest BCUT2D eigenvalue weighted by molar-refractivity contribution is 6.74. The minimum Gasteiger partial charge on any atom is -0.481 e. The van der Waals surface area contributed by atoms with Crippen LogP contribution in [0.3, 0.4) is 0 Å². The zero-order valence-electron chi connectivity index (χ0n) is 11.4. The Morgan fingerprint density at radius 1 is 1.33 bits per heavy atom. The van der Waals surface area contributed by atoms with Crippen molar-refractivity contribution >= 4 is 30.0 Å². The van der Waals surface area contributed by atoms with Crippen molar-refractivity contribution in [3.8, 4) is 0 Å². The van der Waals surface area contributed by atoms with Crippen LogP contribution >= 0.6 is 0 Å². The topological polar surface area (TPSA) is 83.8 Å².